The molecule has 0 spiro atoms. The molecule has 13 heteroatoms. The lowest BCUT2D eigenvalue weighted by atomic mass is 9.78. The van der Waals surface area contributed by atoms with Crippen LogP contribution in [0, 0.1) is 0 Å². The summed E-state index contributed by atoms with van der Waals surface area (Å²) in [7, 11) is -3.28. The molecule has 1 fully saturated rings. The molecule has 1 amide bonds. The number of amides is 1. The smallest absolute Gasteiger partial charge is 0.303 e. The van der Waals surface area contributed by atoms with Crippen molar-refractivity contribution in [2.45, 2.75) is 124 Å². The fourth-order valence-electron chi connectivity index (χ4n) is 4.24. The first-order valence-electron chi connectivity index (χ1n) is 17.7. The van der Waals surface area contributed by atoms with Gasteiger partial charge in [0, 0.05) is 29.6 Å². The van der Waals surface area contributed by atoms with E-state index in [-0.39, 0.29) is 23.5 Å². The van der Waals surface area contributed by atoms with Gasteiger partial charge in [-0.1, -0.05) is 51.6 Å². The molecule has 2 aromatic rings. The van der Waals surface area contributed by atoms with Gasteiger partial charge in [0.15, 0.2) is 6.61 Å². The number of alkyl halides is 2. The number of hydrogen-bond acceptors (Lipinski definition) is 9. The summed E-state index contributed by atoms with van der Waals surface area (Å²) in [6.07, 6.45) is 2.47. The monoisotopic (exact) mass is 772 g/mol. The molecule has 304 valence electrons. The number of ether oxygens (including phenoxy) is 2. The van der Waals surface area contributed by atoms with Crippen molar-refractivity contribution in [2.24, 2.45) is 0 Å². The van der Waals surface area contributed by atoms with Gasteiger partial charge in [-0.05, 0) is 110 Å². The van der Waals surface area contributed by atoms with E-state index in [4.69, 9.17) is 14.6 Å². The highest BCUT2D eigenvalue weighted by atomic mass is 32.2. The average Bonchev–Trinajstić information content (AvgIpc) is 3.88. The third-order valence-electron chi connectivity index (χ3n) is 7.23. The standard InChI is InChI=1S/C22H28F2O4.C7H13NO.C6H13N.C5H12O3S/c1-4-18(26)13-27-19-9-5-16(6-10-19)21(2,3)17-7-11-20(12-8-17)28-15-22(23,24)14-25;1-5-6(9)8-7(2,3)4;1-6(2,3)7-4-5-7;1-5(2,3)8-9(4,6)7/h5-12,18,25-26H,4,13-15H2,1-3H3;5H,1H2,2-4H3,(H,8,9);4-5H2,1-3H3;1-4H3. The van der Waals surface area contributed by atoms with Crippen molar-refractivity contribution < 1.29 is 45.9 Å². The average molecular weight is 773 g/mol. The van der Waals surface area contributed by atoms with Crippen LogP contribution in [0.3, 0.4) is 0 Å². The predicted octanol–water partition coefficient (Wildman–Crippen LogP) is 7.12. The SMILES string of the molecule is C=CC(=O)NC(C)(C)C.CC(C)(C)N1CC1.CC(C)(C)OS(C)(=O)=O.CCC(O)COc1ccc(C(C)(C)c2ccc(OCC(F)(F)CO)cc2)cc1. The van der Waals surface area contributed by atoms with Gasteiger partial charge >= 0.3 is 5.92 Å². The molecule has 0 aromatic heterocycles. The van der Waals surface area contributed by atoms with E-state index in [1.807, 2.05) is 64.1 Å². The van der Waals surface area contributed by atoms with E-state index >= 15 is 0 Å². The molecule has 0 radical (unpaired) electrons. The Labute approximate surface area is 318 Å². The summed E-state index contributed by atoms with van der Waals surface area (Å²) < 4.78 is 62.2. The zero-order valence-corrected chi connectivity index (χ0v) is 35.0. The molecule has 10 nitrogen and oxygen atoms in total. The van der Waals surface area contributed by atoms with Gasteiger partial charge in [0.1, 0.15) is 24.7 Å². The van der Waals surface area contributed by atoms with Crippen molar-refractivity contribution in [3.05, 3.63) is 72.3 Å². The van der Waals surface area contributed by atoms with Crippen LogP contribution in [-0.4, -0.2) is 97.3 Å². The summed E-state index contributed by atoms with van der Waals surface area (Å²) >= 11 is 0. The maximum atomic E-state index is 13.1. The largest absolute Gasteiger partial charge is 0.491 e. The van der Waals surface area contributed by atoms with Gasteiger partial charge in [-0.2, -0.15) is 8.42 Å². The molecule has 1 heterocycles. The van der Waals surface area contributed by atoms with Gasteiger partial charge < -0.3 is 25.0 Å². The summed E-state index contributed by atoms with van der Waals surface area (Å²) in [5, 5.41) is 20.9. The lowest BCUT2D eigenvalue weighted by Crippen LogP contribution is -2.39. The van der Waals surface area contributed by atoms with E-state index in [0.717, 1.165) is 17.4 Å². The van der Waals surface area contributed by atoms with E-state index in [9.17, 15) is 27.1 Å². The fraction of sp³-hybridized carbons (Fsp3) is 0.625. The molecule has 1 aliphatic heterocycles. The van der Waals surface area contributed by atoms with Crippen LogP contribution >= 0.6 is 0 Å². The van der Waals surface area contributed by atoms with Gasteiger partial charge in [-0.15, -0.1) is 0 Å². The van der Waals surface area contributed by atoms with Crippen molar-refractivity contribution in [3.8, 4) is 11.5 Å². The highest BCUT2D eigenvalue weighted by Crippen LogP contribution is 2.33. The third kappa shape index (κ3) is 24.0. The Morgan fingerprint density at radius 2 is 1.32 bits per heavy atom. The van der Waals surface area contributed by atoms with E-state index in [1.165, 1.54) is 19.2 Å². The zero-order valence-electron chi connectivity index (χ0n) is 34.2. The minimum Gasteiger partial charge on any atom is -0.491 e. The molecule has 0 aliphatic carbocycles. The second-order valence-electron chi connectivity index (χ2n) is 16.4. The molecule has 1 atom stereocenters. The van der Waals surface area contributed by atoms with Crippen molar-refractivity contribution in [2.75, 3.05) is 39.2 Å². The number of carbonyl (C=O) groups excluding carboxylic acids is 1. The van der Waals surface area contributed by atoms with Gasteiger partial charge in [0.05, 0.1) is 18.0 Å². The van der Waals surface area contributed by atoms with E-state index in [0.29, 0.717) is 23.5 Å². The second-order valence-corrected chi connectivity index (χ2v) is 17.9. The van der Waals surface area contributed by atoms with E-state index < -0.39 is 41.0 Å². The quantitative estimate of drug-likeness (QED) is 0.117. The first kappa shape index (κ1) is 49.9. The maximum Gasteiger partial charge on any atom is 0.303 e. The lowest BCUT2D eigenvalue weighted by molar-refractivity contribution is -0.117. The minimum absolute atomic E-state index is 0.123. The van der Waals surface area contributed by atoms with Crippen LogP contribution < -0.4 is 14.8 Å². The van der Waals surface area contributed by atoms with Gasteiger partial charge in [-0.25, -0.2) is 8.78 Å². The van der Waals surface area contributed by atoms with Crippen LogP contribution in [0.5, 0.6) is 11.5 Å². The van der Waals surface area contributed by atoms with Crippen molar-refractivity contribution >= 4 is 16.0 Å². The molecular weight excluding hydrogens is 707 g/mol. The van der Waals surface area contributed by atoms with E-state index in [1.54, 1.807) is 32.9 Å². The molecule has 3 rings (SSSR count). The molecular formula is C40H66F2N2O8S. The molecule has 0 bridgehead atoms. The van der Waals surface area contributed by atoms with Crippen molar-refractivity contribution in [1.82, 2.24) is 10.2 Å². The summed E-state index contributed by atoms with van der Waals surface area (Å²) in [5.41, 5.74) is 1.45. The molecule has 1 unspecified atom stereocenters. The Hall–Kier alpha value is -3.10. The first-order chi connectivity index (χ1) is 23.9. The van der Waals surface area contributed by atoms with E-state index in [2.05, 4.69) is 55.6 Å². The Morgan fingerprint density at radius 3 is 1.57 bits per heavy atom. The fourth-order valence-corrected chi connectivity index (χ4v) is 5.15. The molecule has 3 N–H and O–H groups in total. The Bertz CT molecular complexity index is 1470. The summed E-state index contributed by atoms with van der Waals surface area (Å²) in [4.78, 5) is 13.0. The van der Waals surface area contributed by atoms with Crippen LogP contribution in [0.2, 0.25) is 0 Å². The minimum atomic E-state index is -3.28. The summed E-state index contributed by atoms with van der Waals surface area (Å²) in [5.74, 6) is -2.36. The number of rotatable bonds is 12. The highest BCUT2D eigenvalue weighted by molar-refractivity contribution is 7.86. The normalized spacial score (nSPS) is 14.1. The number of nitrogens with one attached hydrogen (secondary N) is 1. The second kappa shape index (κ2) is 21.1. The van der Waals surface area contributed by atoms with Crippen molar-refractivity contribution in [1.29, 1.82) is 0 Å². The van der Waals surface area contributed by atoms with Crippen LogP contribution in [0.1, 0.15) is 101 Å². The number of aliphatic hydroxyl groups is 2. The molecule has 53 heavy (non-hydrogen) atoms. The molecule has 1 aliphatic rings. The maximum absolute atomic E-state index is 13.1. The number of benzene rings is 2. The topological polar surface area (TPSA) is 134 Å². The van der Waals surface area contributed by atoms with Crippen molar-refractivity contribution in [3.63, 3.8) is 0 Å². The summed E-state index contributed by atoms with van der Waals surface area (Å²) in [6.45, 7) is 27.7. The number of carbonyl (C=O) groups is 1. The Kier molecular flexibility index (Phi) is 19.9. The lowest BCUT2D eigenvalue weighted by Gasteiger charge is -2.26. The summed E-state index contributed by atoms with van der Waals surface area (Å²) in [6, 6.07) is 14.7. The molecule has 2 aromatic carbocycles. The van der Waals surface area contributed by atoms with Crippen LogP contribution in [0.4, 0.5) is 8.78 Å². The van der Waals surface area contributed by atoms with Crippen LogP contribution in [-0.2, 0) is 24.5 Å². The number of hydrogen-bond donors (Lipinski definition) is 3. The molecule has 0 saturated carbocycles. The number of halogens is 2. The molecule has 1 saturated heterocycles. The predicted molar refractivity (Wildman–Crippen MR) is 209 cm³/mol. The van der Waals surface area contributed by atoms with Gasteiger partial charge in [0.25, 0.3) is 10.1 Å². The number of aliphatic hydroxyl groups excluding tert-OH is 2. The van der Waals surface area contributed by atoms with Gasteiger partial charge in [-0.3, -0.25) is 13.9 Å². The van der Waals surface area contributed by atoms with Gasteiger partial charge in [0.2, 0.25) is 5.91 Å². The van der Waals surface area contributed by atoms with Crippen LogP contribution in [0.15, 0.2) is 61.2 Å². The van der Waals surface area contributed by atoms with Crippen LogP contribution in [0.25, 0.3) is 0 Å². The first-order valence-corrected chi connectivity index (χ1v) is 19.5. The number of nitrogens with zero attached hydrogens (tertiary/aromatic N) is 1. The third-order valence-corrected chi connectivity index (χ3v) is 8.03. The highest BCUT2D eigenvalue weighted by Gasteiger charge is 2.30. The Morgan fingerprint density at radius 1 is 0.887 bits per heavy atom. The Balaban J connectivity index is 0.000000871. The zero-order chi connectivity index (χ0) is 41.5.